The van der Waals surface area contributed by atoms with Gasteiger partial charge in [0.15, 0.2) is 0 Å². The van der Waals surface area contributed by atoms with Crippen LogP contribution in [0.1, 0.15) is 63.4 Å². The molecule has 1 aliphatic carbocycles. The normalized spacial score (nSPS) is 18.8. The number of hydrogen-bond acceptors (Lipinski definition) is 14. The van der Waals surface area contributed by atoms with Crippen molar-refractivity contribution in [2.45, 2.75) is 82.3 Å². The molecule has 1 unspecified atom stereocenters. The minimum Gasteiger partial charge on any atom is -0.481 e. The summed E-state index contributed by atoms with van der Waals surface area (Å²) in [6.07, 6.45) is 2.29. The first-order chi connectivity index (χ1) is 35.3. The van der Waals surface area contributed by atoms with Crippen LogP contribution in [0, 0.1) is 11.8 Å². The Morgan fingerprint density at radius 1 is 0.527 bits per heavy atom. The van der Waals surface area contributed by atoms with E-state index in [-0.39, 0.29) is 116 Å². The zero-order valence-corrected chi connectivity index (χ0v) is 41.5. The first kappa shape index (κ1) is 59.6. The number of hydrogen-bond donors (Lipinski definition) is 11. The predicted octanol–water partition coefficient (Wildman–Crippen LogP) is -0.378. The molecule has 25 heteroatoms. The number of fused-ring (bicyclic) bond motifs is 1. The van der Waals surface area contributed by atoms with E-state index in [0.717, 1.165) is 16.3 Å². The summed E-state index contributed by atoms with van der Waals surface area (Å²) >= 11 is 0. The topological polar surface area (TPSA) is 365 Å². The SMILES string of the molecule is O=C(O)CC[C@H](NC(=O)N[C@@H](CCCCNC(=O)C1CCC(CNC(=O)C(Cc2cccc3ccccc23)NC(=O)CN2CCN(CC(=O)O)CCN(CC(=O)O)CCN(CC(=O)O)CC2)CC1)C(=O)O)C(=O)O. The predicted molar refractivity (Wildman–Crippen MR) is 265 cm³/mol. The van der Waals surface area contributed by atoms with Crippen molar-refractivity contribution in [2.75, 3.05) is 91.6 Å². The van der Waals surface area contributed by atoms with Crippen LogP contribution >= 0.6 is 0 Å². The van der Waals surface area contributed by atoms with Gasteiger partial charge in [-0.15, -0.1) is 0 Å². The molecular formula is C49H71N9O16. The number of aliphatic carboxylic acids is 6. The summed E-state index contributed by atoms with van der Waals surface area (Å²) in [7, 11) is 0. The highest BCUT2D eigenvalue weighted by Gasteiger charge is 2.30. The summed E-state index contributed by atoms with van der Waals surface area (Å²) in [6.45, 7) is 1.12. The van der Waals surface area contributed by atoms with E-state index >= 15 is 0 Å². The number of carboxylic acid groups (broad SMARTS) is 6. The lowest BCUT2D eigenvalue weighted by atomic mass is 9.81. The Hall–Kier alpha value is -6.96. The first-order valence-electron chi connectivity index (χ1n) is 24.9. The van der Waals surface area contributed by atoms with E-state index in [0.29, 0.717) is 45.1 Å². The van der Waals surface area contributed by atoms with Gasteiger partial charge in [-0.25, -0.2) is 14.4 Å². The number of carbonyl (C=O) groups excluding carboxylic acids is 4. The van der Waals surface area contributed by atoms with Gasteiger partial charge in [0, 0.05) is 84.2 Å². The molecule has 0 spiro atoms. The molecule has 5 amide bonds. The van der Waals surface area contributed by atoms with Crippen molar-refractivity contribution in [3.8, 4) is 0 Å². The van der Waals surface area contributed by atoms with Crippen LogP contribution in [0.15, 0.2) is 42.5 Å². The van der Waals surface area contributed by atoms with E-state index in [1.54, 1.807) is 19.6 Å². The third kappa shape index (κ3) is 22.0. The lowest BCUT2D eigenvalue weighted by Crippen LogP contribution is -2.53. The number of nitrogens with one attached hydrogen (secondary N) is 5. The third-order valence-corrected chi connectivity index (χ3v) is 13.2. The van der Waals surface area contributed by atoms with Crippen molar-refractivity contribution in [2.24, 2.45) is 11.8 Å². The molecule has 4 rings (SSSR count). The van der Waals surface area contributed by atoms with Crippen LogP contribution in [0.25, 0.3) is 10.8 Å². The first-order valence-corrected chi connectivity index (χ1v) is 24.9. The zero-order chi connectivity index (χ0) is 54.2. The molecule has 2 aromatic rings. The van der Waals surface area contributed by atoms with Crippen molar-refractivity contribution in [3.63, 3.8) is 0 Å². The fraction of sp³-hybridized carbons (Fsp3) is 0.592. The summed E-state index contributed by atoms with van der Waals surface area (Å²) in [5.74, 6) is -8.60. The maximum atomic E-state index is 14.1. The van der Waals surface area contributed by atoms with E-state index in [9.17, 15) is 73.5 Å². The summed E-state index contributed by atoms with van der Waals surface area (Å²) in [5, 5.41) is 71.4. The van der Waals surface area contributed by atoms with Crippen molar-refractivity contribution in [3.05, 3.63) is 48.0 Å². The number of nitrogens with zero attached hydrogens (tertiary/aromatic N) is 4. The van der Waals surface area contributed by atoms with Gasteiger partial charge in [0.25, 0.3) is 0 Å². The lowest BCUT2D eigenvalue weighted by molar-refractivity contribution is -0.141. The van der Waals surface area contributed by atoms with Crippen LogP contribution in [0.2, 0.25) is 0 Å². The van der Waals surface area contributed by atoms with Crippen LogP contribution in [0.3, 0.4) is 0 Å². The number of unbranched alkanes of at least 4 members (excludes halogenated alkanes) is 1. The fourth-order valence-electron chi connectivity index (χ4n) is 9.09. The Morgan fingerprint density at radius 3 is 1.54 bits per heavy atom. The lowest BCUT2D eigenvalue weighted by Gasteiger charge is -2.33. The number of carboxylic acids is 6. The number of benzene rings is 2. The van der Waals surface area contributed by atoms with E-state index in [1.807, 2.05) is 42.5 Å². The van der Waals surface area contributed by atoms with E-state index in [1.165, 1.54) is 0 Å². The smallest absolute Gasteiger partial charge is 0.326 e. The van der Waals surface area contributed by atoms with Gasteiger partial charge in [0.1, 0.15) is 18.1 Å². The Balaban J connectivity index is 1.32. The molecule has 1 saturated heterocycles. The van der Waals surface area contributed by atoms with Crippen molar-refractivity contribution in [1.29, 1.82) is 0 Å². The molecule has 2 fully saturated rings. The van der Waals surface area contributed by atoms with E-state index in [4.69, 9.17) is 5.11 Å². The van der Waals surface area contributed by atoms with Gasteiger partial charge in [-0.2, -0.15) is 0 Å². The number of amides is 5. The van der Waals surface area contributed by atoms with Gasteiger partial charge >= 0.3 is 41.8 Å². The molecule has 74 heavy (non-hydrogen) atoms. The Labute approximate surface area is 428 Å². The molecular weight excluding hydrogens is 971 g/mol. The molecule has 0 aromatic heterocycles. The van der Waals surface area contributed by atoms with Gasteiger partial charge < -0.3 is 57.2 Å². The van der Waals surface area contributed by atoms with Gasteiger partial charge in [-0.1, -0.05) is 42.5 Å². The fourth-order valence-corrected chi connectivity index (χ4v) is 9.09. The third-order valence-electron chi connectivity index (χ3n) is 13.2. The monoisotopic (exact) mass is 1040 g/mol. The van der Waals surface area contributed by atoms with Crippen molar-refractivity contribution >= 4 is 70.3 Å². The summed E-state index contributed by atoms with van der Waals surface area (Å²) in [5.41, 5.74) is 0.829. The van der Waals surface area contributed by atoms with Crippen LogP contribution in [0.5, 0.6) is 0 Å². The van der Waals surface area contributed by atoms with Crippen LogP contribution in [-0.2, 0) is 49.6 Å². The van der Waals surface area contributed by atoms with Gasteiger partial charge in [-0.3, -0.25) is 53.2 Å². The van der Waals surface area contributed by atoms with Crippen LogP contribution in [0.4, 0.5) is 4.79 Å². The molecule has 1 heterocycles. The van der Waals surface area contributed by atoms with E-state index in [2.05, 4.69) is 26.6 Å². The molecule has 25 nitrogen and oxygen atoms in total. The minimum atomic E-state index is -1.53. The molecule has 0 bridgehead atoms. The number of rotatable bonds is 27. The summed E-state index contributed by atoms with van der Waals surface area (Å²) < 4.78 is 0. The number of urea groups is 1. The Kier molecular flexibility index (Phi) is 24.9. The minimum absolute atomic E-state index is 0.0175. The van der Waals surface area contributed by atoms with Crippen LogP contribution < -0.4 is 26.6 Å². The van der Waals surface area contributed by atoms with Crippen molar-refractivity contribution in [1.82, 2.24) is 46.2 Å². The van der Waals surface area contributed by atoms with Crippen LogP contribution in [-0.4, -0.2) is 220 Å². The van der Waals surface area contributed by atoms with Gasteiger partial charge in [0.05, 0.1) is 26.2 Å². The largest absolute Gasteiger partial charge is 0.481 e. The maximum absolute atomic E-state index is 14.1. The summed E-state index contributed by atoms with van der Waals surface area (Å²) in [6, 6.07) is 8.42. The number of carbonyl (C=O) groups is 10. The molecule has 2 aromatic carbocycles. The zero-order valence-electron chi connectivity index (χ0n) is 41.5. The molecule has 11 N–H and O–H groups in total. The molecule has 1 aliphatic heterocycles. The molecule has 2 aliphatic rings. The standard InChI is InChI=1S/C49H71N9O16/c59-40(28-55-18-20-56(29-42(62)63)22-24-58(31-44(66)67)25-23-57(21-19-55)30-43(64)65)52-39(26-35-8-5-7-33-6-1-2-9-36(33)35)46(69)51-27-32-11-13-34(14-12-32)45(68)50-17-4-3-10-37(47(70)71)53-49(74)54-38(48(72)73)15-16-41(60)61/h1-2,5-9,32,34,37-39H,3-4,10-31H2,(H,50,68)(H,51,69)(H,52,59)(H,60,61)(H,62,63)(H,64,65)(H,66,67)(H,70,71)(H,72,73)(H2,53,54,74)/t32?,34?,37-,38-,39?/m0/s1. The second kappa shape index (κ2) is 30.9. The second-order valence-electron chi connectivity index (χ2n) is 18.8. The molecule has 1 saturated carbocycles. The molecule has 3 atom stereocenters. The highest BCUT2D eigenvalue weighted by Crippen LogP contribution is 2.29. The van der Waals surface area contributed by atoms with Gasteiger partial charge in [-0.05, 0) is 73.6 Å². The quantitative estimate of drug-likeness (QED) is 0.0508. The Morgan fingerprint density at radius 2 is 1.03 bits per heavy atom. The summed E-state index contributed by atoms with van der Waals surface area (Å²) in [4.78, 5) is 129. The maximum Gasteiger partial charge on any atom is 0.326 e. The van der Waals surface area contributed by atoms with Gasteiger partial charge in [0.2, 0.25) is 17.7 Å². The highest BCUT2D eigenvalue weighted by molar-refractivity contribution is 5.91. The molecule has 0 radical (unpaired) electrons. The average Bonchev–Trinajstić information content (AvgIpc) is 3.34. The molecule has 408 valence electrons. The highest BCUT2D eigenvalue weighted by atomic mass is 16.4. The van der Waals surface area contributed by atoms with Crippen molar-refractivity contribution < 1.29 is 78.6 Å². The Bertz CT molecular complexity index is 2220. The average molecular weight is 1040 g/mol. The van der Waals surface area contributed by atoms with E-state index < -0.39 is 84.6 Å². The second-order valence-corrected chi connectivity index (χ2v) is 18.8.